The normalized spacial score (nSPS) is 24.3. The first-order valence-corrected chi connectivity index (χ1v) is 4.59. The molecule has 60 valence electrons. The summed E-state index contributed by atoms with van der Waals surface area (Å²) in [6.07, 6.45) is 0.161. The van der Waals surface area contributed by atoms with Crippen molar-refractivity contribution in [3.63, 3.8) is 0 Å². The van der Waals surface area contributed by atoms with E-state index in [1.54, 1.807) is 11.3 Å². The quantitative estimate of drug-likeness (QED) is 0.690. The van der Waals surface area contributed by atoms with Crippen molar-refractivity contribution in [3.8, 4) is 0 Å². The van der Waals surface area contributed by atoms with Gasteiger partial charge in [0.15, 0.2) is 0 Å². The minimum Gasteiger partial charge on any atom is -0.357 e. The summed E-state index contributed by atoms with van der Waals surface area (Å²) >= 11 is 1.80. The van der Waals surface area contributed by atoms with Gasteiger partial charge in [0.1, 0.15) is 6.23 Å². The fraction of sp³-hybridized carbons (Fsp3) is 0.500. The molecule has 3 heteroatoms. The molecule has 1 aromatic heterocycles. The topological polar surface area (TPSA) is 21.3 Å². The lowest BCUT2D eigenvalue weighted by molar-refractivity contribution is 0.105. The van der Waals surface area contributed by atoms with E-state index in [2.05, 4.69) is 24.4 Å². The minimum absolute atomic E-state index is 0.161. The molecule has 1 N–H and O–H groups in total. The molecule has 0 bridgehead atoms. The van der Waals surface area contributed by atoms with Crippen LogP contribution in [0.2, 0.25) is 0 Å². The maximum absolute atomic E-state index is 5.45. The van der Waals surface area contributed by atoms with E-state index in [1.807, 2.05) is 0 Å². The van der Waals surface area contributed by atoms with E-state index in [-0.39, 0.29) is 6.23 Å². The summed E-state index contributed by atoms with van der Waals surface area (Å²) in [6, 6.07) is 4.26. The predicted molar refractivity (Wildman–Crippen MR) is 45.8 cm³/mol. The lowest BCUT2D eigenvalue weighted by Gasteiger charge is -2.05. The van der Waals surface area contributed by atoms with Crippen molar-refractivity contribution in [2.45, 2.75) is 13.2 Å². The average molecular weight is 169 g/mol. The van der Waals surface area contributed by atoms with E-state index >= 15 is 0 Å². The molecular formula is C8H11NOS. The number of hydrogen-bond donors (Lipinski definition) is 1. The highest BCUT2D eigenvalue weighted by atomic mass is 32.1. The van der Waals surface area contributed by atoms with Gasteiger partial charge in [0, 0.05) is 16.3 Å². The van der Waals surface area contributed by atoms with E-state index in [9.17, 15) is 0 Å². The molecule has 2 rings (SSSR count). The number of rotatable bonds is 1. The van der Waals surface area contributed by atoms with E-state index < -0.39 is 0 Å². The monoisotopic (exact) mass is 169 g/mol. The zero-order valence-corrected chi connectivity index (χ0v) is 7.28. The molecule has 1 aliphatic heterocycles. The van der Waals surface area contributed by atoms with Crippen molar-refractivity contribution in [3.05, 3.63) is 21.9 Å². The molecule has 11 heavy (non-hydrogen) atoms. The summed E-state index contributed by atoms with van der Waals surface area (Å²) in [5.41, 5.74) is 0. The summed E-state index contributed by atoms with van der Waals surface area (Å²) in [5, 5.41) is 3.27. The Balaban J connectivity index is 2.15. The minimum atomic E-state index is 0.161. The molecule has 1 unspecified atom stereocenters. The fourth-order valence-corrected chi connectivity index (χ4v) is 2.11. The van der Waals surface area contributed by atoms with Crippen LogP contribution in [0, 0.1) is 6.92 Å². The molecule has 1 aliphatic rings. The number of ether oxygens (including phenoxy) is 1. The molecule has 0 aliphatic carbocycles. The van der Waals surface area contributed by atoms with Crippen LogP contribution in [0.5, 0.6) is 0 Å². The number of thiophene rings is 1. The summed E-state index contributed by atoms with van der Waals surface area (Å²) < 4.78 is 5.45. The van der Waals surface area contributed by atoms with Crippen molar-refractivity contribution in [2.24, 2.45) is 0 Å². The second-order valence-corrected chi connectivity index (χ2v) is 3.97. The molecule has 0 amide bonds. The van der Waals surface area contributed by atoms with E-state index in [4.69, 9.17) is 4.74 Å². The molecule has 1 fully saturated rings. The maximum Gasteiger partial charge on any atom is 0.143 e. The standard InChI is InChI=1S/C8H11NOS/c1-6-2-3-7(11-6)8-9-4-5-10-8/h2-3,8-9H,4-5H2,1H3. The highest BCUT2D eigenvalue weighted by Crippen LogP contribution is 2.25. The second kappa shape index (κ2) is 2.93. The van der Waals surface area contributed by atoms with Crippen LogP contribution in [0.25, 0.3) is 0 Å². The predicted octanol–water partition coefficient (Wildman–Crippen LogP) is 1.67. The van der Waals surface area contributed by atoms with Gasteiger partial charge in [-0.05, 0) is 19.1 Å². The van der Waals surface area contributed by atoms with Crippen molar-refractivity contribution in [2.75, 3.05) is 13.2 Å². The molecule has 0 saturated carbocycles. The molecule has 1 atom stereocenters. The molecule has 1 saturated heterocycles. The summed E-state index contributed by atoms with van der Waals surface area (Å²) in [4.78, 5) is 2.64. The highest BCUT2D eigenvalue weighted by molar-refractivity contribution is 7.12. The second-order valence-electron chi connectivity index (χ2n) is 2.65. The maximum atomic E-state index is 5.45. The van der Waals surface area contributed by atoms with Gasteiger partial charge in [-0.3, -0.25) is 5.32 Å². The van der Waals surface area contributed by atoms with Gasteiger partial charge >= 0.3 is 0 Å². The Bertz CT molecular complexity index is 240. The van der Waals surface area contributed by atoms with Crippen LogP contribution >= 0.6 is 11.3 Å². The zero-order valence-electron chi connectivity index (χ0n) is 6.46. The summed E-state index contributed by atoms with van der Waals surface area (Å²) in [6.45, 7) is 3.92. The van der Waals surface area contributed by atoms with Gasteiger partial charge in [0.2, 0.25) is 0 Å². The highest BCUT2D eigenvalue weighted by Gasteiger charge is 2.17. The summed E-state index contributed by atoms with van der Waals surface area (Å²) in [5.74, 6) is 0. The Morgan fingerprint density at radius 2 is 2.55 bits per heavy atom. The van der Waals surface area contributed by atoms with Crippen molar-refractivity contribution >= 4 is 11.3 Å². The molecule has 0 aromatic carbocycles. The van der Waals surface area contributed by atoms with Gasteiger partial charge in [0.25, 0.3) is 0 Å². The third-order valence-corrected chi connectivity index (χ3v) is 2.78. The smallest absolute Gasteiger partial charge is 0.143 e. The van der Waals surface area contributed by atoms with E-state index in [1.165, 1.54) is 9.75 Å². The molecule has 0 radical (unpaired) electrons. The lowest BCUT2D eigenvalue weighted by Crippen LogP contribution is -2.12. The SMILES string of the molecule is Cc1ccc(C2NCCO2)s1. The van der Waals surface area contributed by atoms with Crippen molar-refractivity contribution in [1.29, 1.82) is 0 Å². The van der Waals surface area contributed by atoms with Crippen LogP contribution in [-0.2, 0) is 4.74 Å². The Hall–Kier alpha value is -0.380. The van der Waals surface area contributed by atoms with Gasteiger partial charge in [0.05, 0.1) is 6.61 Å². The third kappa shape index (κ3) is 1.45. The molecular weight excluding hydrogens is 158 g/mol. The molecule has 2 nitrogen and oxygen atoms in total. The first kappa shape index (κ1) is 7.28. The number of hydrogen-bond acceptors (Lipinski definition) is 3. The molecule has 2 heterocycles. The number of aryl methyl sites for hydroxylation is 1. The molecule has 0 spiro atoms. The van der Waals surface area contributed by atoms with Crippen LogP contribution in [0.15, 0.2) is 12.1 Å². The zero-order chi connectivity index (χ0) is 7.68. The summed E-state index contributed by atoms with van der Waals surface area (Å²) in [7, 11) is 0. The van der Waals surface area contributed by atoms with Gasteiger partial charge in [-0.1, -0.05) is 0 Å². The van der Waals surface area contributed by atoms with Gasteiger partial charge < -0.3 is 4.74 Å². The van der Waals surface area contributed by atoms with Crippen molar-refractivity contribution < 1.29 is 4.74 Å². The first-order chi connectivity index (χ1) is 5.36. The van der Waals surface area contributed by atoms with Crippen LogP contribution in [-0.4, -0.2) is 13.2 Å². The van der Waals surface area contributed by atoms with Gasteiger partial charge in [-0.2, -0.15) is 0 Å². The Morgan fingerprint density at radius 3 is 3.09 bits per heavy atom. The first-order valence-electron chi connectivity index (χ1n) is 3.77. The van der Waals surface area contributed by atoms with Crippen LogP contribution in [0.1, 0.15) is 16.0 Å². The van der Waals surface area contributed by atoms with Crippen LogP contribution in [0.4, 0.5) is 0 Å². The van der Waals surface area contributed by atoms with Gasteiger partial charge in [-0.25, -0.2) is 0 Å². The molecule has 1 aromatic rings. The average Bonchev–Trinajstić information content (AvgIpc) is 2.55. The Kier molecular flexibility index (Phi) is 1.94. The number of nitrogens with one attached hydrogen (secondary N) is 1. The van der Waals surface area contributed by atoms with E-state index in [0.29, 0.717) is 0 Å². The Labute approximate surface area is 70.2 Å². The van der Waals surface area contributed by atoms with Crippen molar-refractivity contribution in [1.82, 2.24) is 5.32 Å². The largest absolute Gasteiger partial charge is 0.357 e. The van der Waals surface area contributed by atoms with Crippen LogP contribution in [0.3, 0.4) is 0 Å². The fourth-order valence-electron chi connectivity index (χ4n) is 1.20. The van der Waals surface area contributed by atoms with Crippen LogP contribution < -0.4 is 5.32 Å². The lowest BCUT2D eigenvalue weighted by atomic mass is 10.4. The Morgan fingerprint density at radius 1 is 1.64 bits per heavy atom. The third-order valence-electron chi connectivity index (χ3n) is 1.74. The van der Waals surface area contributed by atoms with Gasteiger partial charge in [-0.15, -0.1) is 11.3 Å². The van der Waals surface area contributed by atoms with E-state index in [0.717, 1.165) is 13.2 Å².